The van der Waals surface area contributed by atoms with E-state index < -0.39 is 17.9 Å². The highest BCUT2D eigenvalue weighted by molar-refractivity contribution is 6.31. The van der Waals surface area contributed by atoms with Crippen molar-refractivity contribution in [3.8, 4) is 5.69 Å². The van der Waals surface area contributed by atoms with Crippen LogP contribution in [0.15, 0.2) is 48.7 Å². The van der Waals surface area contributed by atoms with E-state index in [-0.39, 0.29) is 0 Å². The van der Waals surface area contributed by atoms with Crippen LogP contribution >= 0.6 is 11.6 Å². The SMILES string of the molecule is FC(F)(F)c1ccc(C2NCc3c(Cl)cccc3-n3cccc32)nn1. The van der Waals surface area contributed by atoms with E-state index >= 15 is 0 Å². The molecule has 0 radical (unpaired) electrons. The van der Waals surface area contributed by atoms with Crippen molar-refractivity contribution < 1.29 is 13.2 Å². The molecule has 0 amide bonds. The molecule has 0 saturated carbocycles. The molecule has 3 aromatic rings. The van der Waals surface area contributed by atoms with Crippen LogP contribution in [0.3, 0.4) is 0 Å². The van der Waals surface area contributed by atoms with Gasteiger partial charge in [-0.05, 0) is 36.4 Å². The molecule has 0 aliphatic carbocycles. The Morgan fingerprint density at radius 2 is 1.92 bits per heavy atom. The van der Waals surface area contributed by atoms with E-state index in [0.717, 1.165) is 23.0 Å². The number of benzene rings is 1. The summed E-state index contributed by atoms with van der Waals surface area (Å²) in [5.74, 6) is 0. The second-order valence-corrected chi connectivity index (χ2v) is 6.10. The van der Waals surface area contributed by atoms with Gasteiger partial charge in [0.1, 0.15) is 0 Å². The zero-order chi connectivity index (χ0) is 17.6. The molecule has 1 aromatic carbocycles. The molecular weight excluding hydrogens is 353 g/mol. The van der Waals surface area contributed by atoms with E-state index in [9.17, 15) is 13.2 Å². The van der Waals surface area contributed by atoms with Crippen LogP contribution in [0.25, 0.3) is 5.69 Å². The zero-order valence-electron chi connectivity index (χ0n) is 12.8. The molecule has 1 N–H and O–H groups in total. The van der Waals surface area contributed by atoms with Crippen molar-refractivity contribution >= 4 is 11.6 Å². The second-order valence-electron chi connectivity index (χ2n) is 5.70. The lowest BCUT2D eigenvalue weighted by Crippen LogP contribution is -2.23. The Morgan fingerprint density at radius 3 is 2.64 bits per heavy atom. The number of hydrogen-bond acceptors (Lipinski definition) is 3. The first-order valence-corrected chi connectivity index (χ1v) is 7.92. The lowest BCUT2D eigenvalue weighted by atomic mass is 10.1. The Kier molecular flexibility index (Phi) is 3.77. The highest BCUT2D eigenvalue weighted by atomic mass is 35.5. The Balaban J connectivity index is 1.78. The third-order valence-corrected chi connectivity index (χ3v) is 4.54. The van der Waals surface area contributed by atoms with Crippen molar-refractivity contribution in [3.63, 3.8) is 0 Å². The van der Waals surface area contributed by atoms with Gasteiger partial charge in [-0.1, -0.05) is 17.7 Å². The van der Waals surface area contributed by atoms with Gasteiger partial charge >= 0.3 is 6.18 Å². The molecule has 3 heterocycles. The molecule has 0 spiro atoms. The van der Waals surface area contributed by atoms with Crippen LogP contribution in [-0.4, -0.2) is 14.8 Å². The van der Waals surface area contributed by atoms with Gasteiger partial charge in [-0.15, -0.1) is 5.10 Å². The maximum absolute atomic E-state index is 12.7. The Hall–Kier alpha value is -2.38. The molecule has 25 heavy (non-hydrogen) atoms. The van der Waals surface area contributed by atoms with E-state index in [0.29, 0.717) is 17.3 Å². The number of nitrogens with one attached hydrogen (secondary N) is 1. The van der Waals surface area contributed by atoms with E-state index in [1.54, 1.807) is 0 Å². The fraction of sp³-hybridized carbons (Fsp3) is 0.176. The molecule has 0 saturated heterocycles. The Bertz CT molecular complexity index is 918. The molecule has 1 aliphatic heterocycles. The summed E-state index contributed by atoms with van der Waals surface area (Å²) in [4.78, 5) is 0. The van der Waals surface area contributed by atoms with Crippen LogP contribution < -0.4 is 5.32 Å². The topological polar surface area (TPSA) is 42.7 Å². The summed E-state index contributed by atoms with van der Waals surface area (Å²) < 4.78 is 40.1. The summed E-state index contributed by atoms with van der Waals surface area (Å²) in [5.41, 5.74) is 2.12. The van der Waals surface area contributed by atoms with Crippen LogP contribution in [0.4, 0.5) is 13.2 Å². The molecule has 4 nitrogen and oxygen atoms in total. The van der Waals surface area contributed by atoms with Gasteiger partial charge < -0.3 is 4.57 Å². The van der Waals surface area contributed by atoms with Crippen molar-refractivity contribution in [3.05, 3.63) is 76.3 Å². The molecule has 128 valence electrons. The number of halogens is 4. The Morgan fingerprint density at radius 1 is 1.08 bits per heavy atom. The lowest BCUT2D eigenvalue weighted by molar-refractivity contribution is -0.141. The average Bonchev–Trinajstić information content (AvgIpc) is 2.99. The van der Waals surface area contributed by atoms with E-state index in [1.807, 2.05) is 41.1 Å². The average molecular weight is 365 g/mol. The van der Waals surface area contributed by atoms with E-state index in [2.05, 4.69) is 15.5 Å². The minimum atomic E-state index is -4.51. The van der Waals surface area contributed by atoms with Gasteiger partial charge in [0, 0.05) is 29.0 Å². The molecule has 1 aliphatic rings. The summed E-state index contributed by atoms with van der Waals surface area (Å²) >= 11 is 6.31. The molecular formula is C17H12ClF3N4. The highest BCUT2D eigenvalue weighted by Gasteiger charge is 2.33. The van der Waals surface area contributed by atoms with Gasteiger partial charge in [0.15, 0.2) is 5.69 Å². The number of aromatic nitrogens is 3. The minimum Gasteiger partial charge on any atom is -0.319 e. The van der Waals surface area contributed by atoms with Crippen LogP contribution in [0.2, 0.25) is 5.02 Å². The monoisotopic (exact) mass is 364 g/mol. The van der Waals surface area contributed by atoms with Crippen LogP contribution in [0, 0.1) is 0 Å². The zero-order valence-corrected chi connectivity index (χ0v) is 13.5. The lowest BCUT2D eigenvalue weighted by Gasteiger charge is -2.17. The third kappa shape index (κ3) is 2.79. The van der Waals surface area contributed by atoms with Crippen molar-refractivity contribution in [2.75, 3.05) is 0 Å². The number of fused-ring (bicyclic) bond motifs is 3. The summed E-state index contributed by atoms with van der Waals surface area (Å²) in [6, 6.07) is 11.3. The fourth-order valence-corrected chi connectivity index (χ4v) is 3.25. The first-order valence-electron chi connectivity index (χ1n) is 7.54. The van der Waals surface area contributed by atoms with Crippen molar-refractivity contribution in [2.45, 2.75) is 18.8 Å². The van der Waals surface area contributed by atoms with Crippen molar-refractivity contribution in [1.82, 2.24) is 20.1 Å². The van der Waals surface area contributed by atoms with Crippen molar-refractivity contribution in [2.24, 2.45) is 0 Å². The predicted octanol–water partition coefficient (Wildman–Crippen LogP) is 4.13. The Labute approximate surface area is 146 Å². The predicted molar refractivity (Wildman–Crippen MR) is 86.5 cm³/mol. The number of rotatable bonds is 1. The van der Waals surface area contributed by atoms with E-state index in [1.165, 1.54) is 6.07 Å². The number of alkyl halides is 3. The van der Waals surface area contributed by atoms with Gasteiger partial charge in [0.05, 0.1) is 17.4 Å². The number of nitrogens with zero attached hydrogens (tertiary/aromatic N) is 3. The summed E-state index contributed by atoms with van der Waals surface area (Å²) in [5, 5.41) is 11.1. The van der Waals surface area contributed by atoms with Crippen LogP contribution in [0.5, 0.6) is 0 Å². The normalized spacial score (nSPS) is 16.9. The largest absolute Gasteiger partial charge is 0.435 e. The molecule has 8 heteroatoms. The maximum Gasteiger partial charge on any atom is 0.435 e. The fourth-order valence-electron chi connectivity index (χ4n) is 3.01. The molecule has 1 unspecified atom stereocenters. The molecule has 0 bridgehead atoms. The quantitative estimate of drug-likeness (QED) is 0.706. The summed E-state index contributed by atoms with van der Waals surface area (Å²) in [6.07, 6.45) is -2.62. The molecule has 2 aromatic heterocycles. The maximum atomic E-state index is 12.7. The molecule has 0 fully saturated rings. The second kappa shape index (κ2) is 5.86. The first kappa shape index (κ1) is 16.1. The van der Waals surface area contributed by atoms with Gasteiger partial charge in [-0.2, -0.15) is 18.3 Å². The summed E-state index contributed by atoms with van der Waals surface area (Å²) in [7, 11) is 0. The highest BCUT2D eigenvalue weighted by Crippen LogP contribution is 2.33. The van der Waals surface area contributed by atoms with Crippen molar-refractivity contribution in [1.29, 1.82) is 0 Å². The smallest absolute Gasteiger partial charge is 0.319 e. The van der Waals surface area contributed by atoms with Gasteiger partial charge in [-0.3, -0.25) is 5.32 Å². The van der Waals surface area contributed by atoms with Gasteiger partial charge in [0.25, 0.3) is 0 Å². The van der Waals surface area contributed by atoms with Crippen LogP contribution in [0.1, 0.15) is 28.7 Å². The van der Waals surface area contributed by atoms with E-state index in [4.69, 9.17) is 11.6 Å². The summed E-state index contributed by atoms with van der Waals surface area (Å²) in [6.45, 7) is 0.462. The molecule has 4 rings (SSSR count). The standard InChI is InChI=1S/C17H12ClF3N4/c18-11-3-1-4-13-10(11)9-22-16(14-5-2-8-25(13)14)12-6-7-15(24-23-12)17(19,20)21/h1-8,16,22H,9H2. The van der Waals surface area contributed by atoms with Gasteiger partial charge in [-0.25, -0.2) is 0 Å². The minimum absolute atomic E-state index is 0.395. The third-order valence-electron chi connectivity index (χ3n) is 4.18. The number of hydrogen-bond donors (Lipinski definition) is 1. The van der Waals surface area contributed by atoms with Crippen LogP contribution in [-0.2, 0) is 12.7 Å². The first-order chi connectivity index (χ1) is 11.9. The van der Waals surface area contributed by atoms with Gasteiger partial charge in [0.2, 0.25) is 0 Å². The molecule has 1 atom stereocenters.